The van der Waals surface area contributed by atoms with Crippen LogP contribution in [0.25, 0.3) is 0 Å². The molecule has 1 atom stereocenters. The van der Waals surface area contributed by atoms with Crippen LogP contribution in [0, 0.1) is 22.7 Å². The van der Waals surface area contributed by atoms with Crippen molar-refractivity contribution < 1.29 is 9.78 Å². The fourth-order valence-electron chi connectivity index (χ4n) is 2.30. The lowest BCUT2D eigenvalue weighted by Crippen LogP contribution is -2.19. The van der Waals surface area contributed by atoms with Crippen molar-refractivity contribution in [3.05, 3.63) is 47.0 Å². The number of rotatable bonds is 6. The summed E-state index contributed by atoms with van der Waals surface area (Å²) in [5, 5.41) is 21.4. The molecular weight excluding hydrogens is 346 g/mol. The molecule has 26 heavy (non-hydrogen) atoms. The fourth-order valence-corrected chi connectivity index (χ4v) is 3.09. The summed E-state index contributed by atoms with van der Waals surface area (Å²) >= 11 is 1.16. The number of nitrogens with one attached hydrogen (secondary N) is 2. The summed E-state index contributed by atoms with van der Waals surface area (Å²) < 4.78 is 0. The second-order valence-electron chi connectivity index (χ2n) is 5.83. The molecule has 1 heterocycles. The number of nitrogens with zero attached hydrogens (tertiary/aromatic N) is 2. The number of hydrogen-bond donors (Lipinski definition) is 2. The first-order chi connectivity index (χ1) is 12.5. The molecule has 0 unspecified atom stereocenters. The molecule has 1 aromatic heterocycles. The van der Waals surface area contributed by atoms with Crippen LogP contribution in [0.1, 0.15) is 42.9 Å². The predicted octanol–water partition coefficient (Wildman–Crippen LogP) is 3.07. The SMILES string of the molecule is CC[C@H](C)c1ccc(NC(=O)CSc2[nH+]c(N)c(C#N)cc2C#N)cc1. The maximum Gasteiger partial charge on any atom is 0.289 e. The first-order valence-corrected chi connectivity index (χ1v) is 9.15. The molecule has 0 fully saturated rings. The number of nitrogens with two attached hydrogens (primary N) is 1. The van der Waals surface area contributed by atoms with Crippen molar-refractivity contribution >= 4 is 29.2 Å². The number of pyridine rings is 1. The van der Waals surface area contributed by atoms with E-state index in [1.54, 1.807) is 0 Å². The molecule has 1 amide bonds. The van der Waals surface area contributed by atoms with Crippen molar-refractivity contribution in [1.82, 2.24) is 0 Å². The van der Waals surface area contributed by atoms with Crippen LogP contribution in [0.3, 0.4) is 0 Å². The number of anilines is 2. The number of H-pyrrole nitrogens is 1. The van der Waals surface area contributed by atoms with Crippen molar-refractivity contribution in [2.75, 3.05) is 16.8 Å². The van der Waals surface area contributed by atoms with E-state index in [2.05, 4.69) is 24.1 Å². The van der Waals surface area contributed by atoms with E-state index in [0.717, 1.165) is 23.9 Å². The van der Waals surface area contributed by atoms with E-state index in [1.807, 2.05) is 36.4 Å². The highest BCUT2D eigenvalue weighted by molar-refractivity contribution is 7.99. The second kappa shape index (κ2) is 8.89. The maximum absolute atomic E-state index is 12.2. The Labute approximate surface area is 157 Å². The average molecular weight is 366 g/mol. The zero-order valence-corrected chi connectivity index (χ0v) is 15.5. The highest BCUT2D eigenvalue weighted by Gasteiger charge is 2.16. The third-order valence-electron chi connectivity index (χ3n) is 4.04. The van der Waals surface area contributed by atoms with Crippen LogP contribution in [0.15, 0.2) is 35.4 Å². The number of amides is 1. The van der Waals surface area contributed by atoms with Gasteiger partial charge >= 0.3 is 0 Å². The van der Waals surface area contributed by atoms with Gasteiger partial charge in [-0.3, -0.25) is 10.5 Å². The number of benzene rings is 1. The molecule has 0 bridgehead atoms. The Kier molecular flexibility index (Phi) is 6.60. The van der Waals surface area contributed by atoms with Gasteiger partial charge in [0.05, 0.1) is 5.75 Å². The Morgan fingerprint density at radius 3 is 2.50 bits per heavy atom. The summed E-state index contributed by atoms with van der Waals surface area (Å²) in [7, 11) is 0. The lowest BCUT2D eigenvalue weighted by Gasteiger charge is -2.10. The van der Waals surface area contributed by atoms with E-state index in [1.165, 1.54) is 11.6 Å². The third-order valence-corrected chi connectivity index (χ3v) is 5.05. The highest BCUT2D eigenvalue weighted by atomic mass is 32.2. The number of aromatic nitrogens is 1. The molecule has 0 aliphatic carbocycles. The molecule has 132 valence electrons. The molecule has 2 rings (SSSR count). The number of carbonyl (C=O) groups is 1. The number of nitrogen functional groups attached to an aromatic ring is 1. The summed E-state index contributed by atoms with van der Waals surface area (Å²) in [6, 6.07) is 13.1. The summed E-state index contributed by atoms with van der Waals surface area (Å²) in [6.07, 6.45) is 1.06. The van der Waals surface area contributed by atoms with Gasteiger partial charge in [-0.25, -0.2) is 4.98 Å². The molecule has 1 aromatic carbocycles. The molecule has 0 spiro atoms. The first-order valence-electron chi connectivity index (χ1n) is 8.17. The average Bonchev–Trinajstić information content (AvgIpc) is 2.66. The van der Waals surface area contributed by atoms with Gasteiger partial charge in [-0.05, 0) is 36.1 Å². The van der Waals surface area contributed by atoms with Gasteiger partial charge in [0.2, 0.25) is 5.91 Å². The quantitative estimate of drug-likeness (QED) is 0.762. The number of hydrogen-bond acceptors (Lipinski definition) is 5. The van der Waals surface area contributed by atoms with Crippen LogP contribution in [-0.2, 0) is 4.79 Å². The fraction of sp³-hybridized carbons (Fsp3) is 0.263. The largest absolute Gasteiger partial charge is 0.325 e. The number of carbonyl (C=O) groups excluding carboxylic acids is 1. The molecule has 0 aliphatic heterocycles. The van der Waals surface area contributed by atoms with E-state index in [-0.39, 0.29) is 28.6 Å². The Balaban J connectivity index is 2.00. The Bertz CT molecular complexity index is 881. The van der Waals surface area contributed by atoms with E-state index in [4.69, 9.17) is 11.0 Å². The highest BCUT2D eigenvalue weighted by Crippen LogP contribution is 2.22. The van der Waals surface area contributed by atoms with E-state index < -0.39 is 0 Å². The summed E-state index contributed by atoms with van der Waals surface area (Å²) in [5.74, 6) is 0.586. The standard InChI is InChI=1S/C19H19N5OS/c1-3-12(2)13-4-6-16(7-5-13)23-17(25)11-26-19-15(10-21)8-14(9-20)18(22)24-19/h4-8,12H,3,11H2,1-2H3,(H2,22,24)(H,23,25)/p+1/t12-/m0/s1. The van der Waals surface area contributed by atoms with Gasteiger partial charge in [0.15, 0.2) is 5.03 Å². The Hall–Kier alpha value is -3.03. The minimum atomic E-state index is -0.188. The second-order valence-corrected chi connectivity index (χ2v) is 6.82. The predicted molar refractivity (Wildman–Crippen MR) is 101 cm³/mol. The molecule has 0 aliphatic rings. The van der Waals surface area contributed by atoms with Gasteiger partial charge in [-0.2, -0.15) is 10.5 Å². The van der Waals surface area contributed by atoms with Gasteiger partial charge in [0.25, 0.3) is 5.82 Å². The zero-order chi connectivity index (χ0) is 19.1. The van der Waals surface area contributed by atoms with Crippen LogP contribution < -0.4 is 16.0 Å². The molecule has 4 N–H and O–H groups in total. The van der Waals surface area contributed by atoms with Crippen molar-refractivity contribution in [1.29, 1.82) is 10.5 Å². The zero-order valence-electron chi connectivity index (χ0n) is 14.7. The number of thioether (sulfide) groups is 1. The number of aromatic amines is 1. The summed E-state index contributed by atoms with van der Waals surface area (Å²) in [5.41, 5.74) is 8.19. The van der Waals surface area contributed by atoms with Crippen molar-refractivity contribution in [2.45, 2.75) is 31.2 Å². The smallest absolute Gasteiger partial charge is 0.289 e. The molecule has 0 saturated carbocycles. The van der Waals surface area contributed by atoms with Crippen molar-refractivity contribution in [3.63, 3.8) is 0 Å². The Morgan fingerprint density at radius 1 is 1.27 bits per heavy atom. The van der Waals surface area contributed by atoms with Gasteiger partial charge < -0.3 is 5.32 Å². The van der Waals surface area contributed by atoms with Gasteiger partial charge in [-0.15, -0.1) is 0 Å². The third kappa shape index (κ3) is 4.75. The van der Waals surface area contributed by atoms with Crippen LogP contribution in [0.2, 0.25) is 0 Å². The molecule has 0 saturated heterocycles. The van der Waals surface area contributed by atoms with Crippen LogP contribution in [0.5, 0.6) is 0 Å². The van der Waals surface area contributed by atoms with Gasteiger partial charge in [0, 0.05) is 5.69 Å². The summed E-state index contributed by atoms with van der Waals surface area (Å²) in [4.78, 5) is 15.0. The first kappa shape index (κ1) is 19.3. The molecule has 7 heteroatoms. The van der Waals surface area contributed by atoms with Crippen molar-refractivity contribution in [2.24, 2.45) is 0 Å². The molecular formula is C19H20N5OS+. The Morgan fingerprint density at radius 2 is 1.92 bits per heavy atom. The number of nitriles is 2. The molecule has 0 radical (unpaired) electrons. The van der Waals surface area contributed by atoms with E-state index in [9.17, 15) is 10.1 Å². The van der Waals surface area contributed by atoms with Gasteiger partial charge in [0.1, 0.15) is 23.3 Å². The lowest BCUT2D eigenvalue weighted by atomic mass is 9.99. The van der Waals surface area contributed by atoms with Crippen LogP contribution in [0.4, 0.5) is 11.5 Å². The minimum absolute atomic E-state index is 0.115. The summed E-state index contributed by atoms with van der Waals surface area (Å²) in [6.45, 7) is 4.30. The van der Waals surface area contributed by atoms with Crippen molar-refractivity contribution in [3.8, 4) is 12.1 Å². The monoisotopic (exact) mass is 366 g/mol. The molecule has 6 nitrogen and oxygen atoms in total. The van der Waals surface area contributed by atoms with E-state index >= 15 is 0 Å². The minimum Gasteiger partial charge on any atom is -0.325 e. The molecule has 2 aromatic rings. The normalized spacial score (nSPS) is 11.2. The van der Waals surface area contributed by atoms with Crippen LogP contribution >= 0.6 is 11.8 Å². The van der Waals surface area contributed by atoms with Gasteiger partial charge in [-0.1, -0.05) is 37.7 Å². The maximum atomic E-state index is 12.2. The topological polar surface area (TPSA) is 117 Å². The van der Waals surface area contributed by atoms with E-state index in [0.29, 0.717) is 10.9 Å². The lowest BCUT2D eigenvalue weighted by molar-refractivity contribution is -0.410. The van der Waals surface area contributed by atoms with Crippen LogP contribution in [-0.4, -0.2) is 11.7 Å².